The molecule has 1 fully saturated rings. The number of hydrogen-bond donors (Lipinski definition) is 3. The van der Waals surface area contributed by atoms with E-state index in [0.29, 0.717) is 19.3 Å². The minimum absolute atomic E-state index is 0.0600. The van der Waals surface area contributed by atoms with Crippen LogP contribution in [0.3, 0.4) is 0 Å². The van der Waals surface area contributed by atoms with Crippen LogP contribution in [-0.4, -0.2) is 89.2 Å². The number of carboxylic acid groups (broad SMARTS) is 1. The molecule has 1 aliphatic rings. The first-order valence-electron chi connectivity index (χ1n) is 29.6. The Hall–Kier alpha value is -3.32. The predicted octanol–water partition coefficient (Wildman–Crippen LogP) is 15.0. The lowest BCUT2D eigenvalue weighted by Gasteiger charge is -2.40. The van der Waals surface area contributed by atoms with Crippen molar-refractivity contribution in [3.05, 3.63) is 48.6 Å². The summed E-state index contributed by atoms with van der Waals surface area (Å²) in [6, 6.07) is 0. The third kappa shape index (κ3) is 39.7. The Balaban J connectivity index is 2.69. The van der Waals surface area contributed by atoms with Gasteiger partial charge in [0, 0.05) is 19.3 Å². The Kier molecular flexibility index (Phi) is 45.9. The molecule has 12 heteroatoms. The second kappa shape index (κ2) is 49.6. The van der Waals surface area contributed by atoms with Crippen LogP contribution >= 0.6 is 0 Å². The SMILES string of the molecule is CC/C=C\C/C=C\C/C=C\CCCCCC(=O)OC(COC(=O)CCCCCCCCC/C=C\CCCCCCCC)COC1OC(C(=O)O)C(O)C(O)C1OC(=O)CCCCCCCCCCCCCCC. The molecule has 73 heavy (non-hydrogen) atoms. The molecule has 0 bridgehead atoms. The molecule has 0 aromatic carbocycles. The molecule has 0 saturated carbocycles. The predicted molar refractivity (Wildman–Crippen MR) is 294 cm³/mol. The summed E-state index contributed by atoms with van der Waals surface area (Å²) in [6.07, 6.45) is 46.6. The molecule has 0 amide bonds. The van der Waals surface area contributed by atoms with Crippen LogP contribution in [0.25, 0.3) is 0 Å². The molecule has 1 heterocycles. The average Bonchev–Trinajstić information content (AvgIpc) is 3.37. The van der Waals surface area contributed by atoms with E-state index in [2.05, 4.69) is 69.4 Å². The molecule has 3 N–H and O–H groups in total. The standard InChI is InChI=1S/C61H106O12/c1-4-7-10-13-16-19-22-25-26-27-28-31-32-35-38-41-44-47-53(62)69-50-52(71-54(63)48-45-42-39-36-33-29-23-20-17-14-11-8-5-2)51-70-61-59(57(66)56(65)58(73-61)60(67)68)72-55(64)49-46-43-40-37-34-30-24-21-18-15-12-9-6-3/h8,11,17,20,25-26,29,33,52,56-59,61,65-66H,4-7,9-10,12-16,18-19,21-24,27-28,30-32,34-51H2,1-3H3,(H,67,68)/b11-8-,20-17-,26-25-,33-29-. The minimum atomic E-state index is -1.90. The molecule has 0 radical (unpaired) electrons. The van der Waals surface area contributed by atoms with Crippen LogP contribution in [0.4, 0.5) is 0 Å². The van der Waals surface area contributed by atoms with Gasteiger partial charge in [-0.25, -0.2) is 4.79 Å². The number of aliphatic hydroxyl groups excluding tert-OH is 2. The molecule has 0 aromatic rings. The van der Waals surface area contributed by atoms with Gasteiger partial charge in [-0.05, 0) is 77.0 Å². The van der Waals surface area contributed by atoms with Crippen LogP contribution in [0.5, 0.6) is 0 Å². The van der Waals surface area contributed by atoms with Gasteiger partial charge in [0.1, 0.15) is 18.8 Å². The molecular formula is C61H106O12. The number of carbonyl (C=O) groups excluding carboxylic acids is 3. The van der Waals surface area contributed by atoms with Crippen molar-refractivity contribution in [3.8, 4) is 0 Å². The summed E-state index contributed by atoms with van der Waals surface area (Å²) in [6.45, 7) is 5.85. The van der Waals surface area contributed by atoms with Crippen LogP contribution in [0.15, 0.2) is 48.6 Å². The lowest BCUT2D eigenvalue weighted by molar-refractivity contribution is -0.301. The summed E-state index contributed by atoms with van der Waals surface area (Å²) in [5.41, 5.74) is 0. The van der Waals surface area contributed by atoms with E-state index < -0.39 is 67.3 Å². The van der Waals surface area contributed by atoms with E-state index in [-0.39, 0.29) is 25.9 Å². The van der Waals surface area contributed by atoms with Gasteiger partial charge in [0.15, 0.2) is 24.6 Å². The van der Waals surface area contributed by atoms with E-state index in [1.54, 1.807) is 0 Å². The van der Waals surface area contributed by atoms with E-state index in [9.17, 15) is 34.5 Å². The van der Waals surface area contributed by atoms with Gasteiger partial charge in [-0.15, -0.1) is 0 Å². The summed E-state index contributed by atoms with van der Waals surface area (Å²) in [5.74, 6) is -3.15. The third-order valence-corrected chi connectivity index (χ3v) is 13.4. The van der Waals surface area contributed by atoms with E-state index in [4.69, 9.17) is 23.7 Å². The summed E-state index contributed by atoms with van der Waals surface area (Å²) in [4.78, 5) is 51.1. The number of allylic oxidation sites excluding steroid dienone is 8. The van der Waals surface area contributed by atoms with Crippen molar-refractivity contribution in [2.75, 3.05) is 13.2 Å². The highest BCUT2D eigenvalue weighted by Gasteiger charge is 2.50. The summed E-state index contributed by atoms with van der Waals surface area (Å²) < 4.78 is 28.4. The van der Waals surface area contributed by atoms with E-state index >= 15 is 0 Å². The third-order valence-electron chi connectivity index (χ3n) is 13.4. The Bertz CT molecular complexity index is 1460. The van der Waals surface area contributed by atoms with Crippen LogP contribution < -0.4 is 0 Å². The van der Waals surface area contributed by atoms with Crippen LogP contribution in [0.2, 0.25) is 0 Å². The zero-order valence-electron chi connectivity index (χ0n) is 46.4. The molecule has 12 nitrogen and oxygen atoms in total. The second-order valence-electron chi connectivity index (χ2n) is 20.3. The number of aliphatic carboxylic acids is 1. The average molecular weight is 1030 g/mol. The molecule has 1 rings (SSSR count). The number of unbranched alkanes of at least 4 members (excludes halogenated alkanes) is 28. The molecule has 6 unspecified atom stereocenters. The van der Waals surface area contributed by atoms with Crippen molar-refractivity contribution < 1.29 is 58.2 Å². The van der Waals surface area contributed by atoms with E-state index in [1.165, 1.54) is 116 Å². The quantitative estimate of drug-likeness (QED) is 0.0228. The van der Waals surface area contributed by atoms with Crippen molar-refractivity contribution >= 4 is 23.9 Å². The van der Waals surface area contributed by atoms with Crippen molar-refractivity contribution in [1.82, 2.24) is 0 Å². The maximum Gasteiger partial charge on any atom is 0.335 e. The lowest BCUT2D eigenvalue weighted by Crippen LogP contribution is -2.61. The molecule has 0 spiro atoms. The van der Waals surface area contributed by atoms with Gasteiger partial charge in [0.25, 0.3) is 0 Å². The normalized spacial score (nSPS) is 18.6. The van der Waals surface area contributed by atoms with Gasteiger partial charge in [0.2, 0.25) is 0 Å². The molecule has 0 aromatic heterocycles. The number of rotatable bonds is 50. The minimum Gasteiger partial charge on any atom is -0.479 e. The van der Waals surface area contributed by atoms with Gasteiger partial charge < -0.3 is 39.0 Å². The number of ether oxygens (including phenoxy) is 5. The lowest BCUT2D eigenvalue weighted by atomic mass is 9.98. The highest BCUT2D eigenvalue weighted by molar-refractivity contribution is 5.74. The maximum atomic E-state index is 13.1. The largest absolute Gasteiger partial charge is 0.479 e. The fourth-order valence-corrected chi connectivity index (χ4v) is 8.85. The van der Waals surface area contributed by atoms with Crippen molar-refractivity contribution in [1.29, 1.82) is 0 Å². The Labute approximate surface area is 443 Å². The van der Waals surface area contributed by atoms with E-state index in [1.807, 2.05) is 0 Å². The fourth-order valence-electron chi connectivity index (χ4n) is 8.85. The maximum absolute atomic E-state index is 13.1. The molecule has 1 aliphatic heterocycles. The molecule has 422 valence electrons. The molecular weight excluding hydrogens is 925 g/mol. The van der Waals surface area contributed by atoms with Gasteiger partial charge in [-0.1, -0.05) is 217 Å². The van der Waals surface area contributed by atoms with Gasteiger partial charge >= 0.3 is 23.9 Å². The van der Waals surface area contributed by atoms with Crippen LogP contribution in [-0.2, 0) is 42.9 Å². The Morgan fingerprint density at radius 2 is 0.863 bits per heavy atom. The van der Waals surface area contributed by atoms with E-state index in [0.717, 1.165) is 89.9 Å². The number of carboxylic acids is 1. The summed E-state index contributed by atoms with van der Waals surface area (Å²) >= 11 is 0. The van der Waals surface area contributed by atoms with Crippen molar-refractivity contribution in [3.63, 3.8) is 0 Å². The zero-order valence-corrected chi connectivity index (χ0v) is 46.4. The Morgan fingerprint density at radius 1 is 0.466 bits per heavy atom. The molecule has 1 saturated heterocycles. The smallest absolute Gasteiger partial charge is 0.335 e. The van der Waals surface area contributed by atoms with Gasteiger partial charge in [0.05, 0.1) is 6.61 Å². The first-order valence-corrected chi connectivity index (χ1v) is 29.6. The van der Waals surface area contributed by atoms with Crippen LogP contribution in [0.1, 0.15) is 265 Å². The van der Waals surface area contributed by atoms with Gasteiger partial charge in [-0.3, -0.25) is 14.4 Å². The highest BCUT2D eigenvalue weighted by atomic mass is 16.7. The number of hydrogen-bond acceptors (Lipinski definition) is 11. The second-order valence-corrected chi connectivity index (χ2v) is 20.3. The number of esters is 3. The zero-order chi connectivity index (χ0) is 53.3. The van der Waals surface area contributed by atoms with Crippen molar-refractivity contribution in [2.45, 2.75) is 302 Å². The Morgan fingerprint density at radius 3 is 1.34 bits per heavy atom. The van der Waals surface area contributed by atoms with Gasteiger partial charge in [-0.2, -0.15) is 0 Å². The summed E-state index contributed by atoms with van der Waals surface area (Å²) in [7, 11) is 0. The van der Waals surface area contributed by atoms with Crippen molar-refractivity contribution in [2.24, 2.45) is 0 Å². The first-order chi connectivity index (χ1) is 35.6. The number of carbonyl (C=O) groups is 4. The topological polar surface area (TPSA) is 175 Å². The molecule has 0 aliphatic carbocycles. The first kappa shape index (κ1) is 67.7. The fraction of sp³-hybridized carbons (Fsp3) is 0.803. The highest BCUT2D eigenvalue weighted by Crippen LogP contribution is 2.26. The summed E-state index contributed by atoms with van der Waals surface area (Å²) in [5, 5.41) is 31.4. The number of aliphatic hydroxyl groups is 2. The molecule has 6 atom stereocenters. The van der Waals surface area contributed by atoms with Crippen LogP contribution in [0, 0.1) is 0 Å². The monoisotopic (exact) mass is 1030 g/mol.